The lowest BCUT2D eigenvalue weighted by Crippen LogP contribution is -2.28. The van der Waals surface area contributed by atoms with Gasteiger partial charge in [0, 0.05) is 25.6 Å². The van der Waals surface area contributed by atoms with E-state index in [1.54, 1.807) is 0 Å². The lowest BCUT2D eigenvalue weighted by Gasteiger charge is -2.21. The predicted octanol–water partition coefficient (Wildman–Crippen LogP) is 1.82. The van der Waals surface area contributed by atoms with Crippen LogP contribution in [0.25, 0.3) is 0 Å². The van der Waals surface area contributed by atoms with Crippen molar-refractivity contribution in [1.82, 2.24) is 9.97 Å². The highest BCUT2D eigenvalue weighted by Crippen LogP contribution is 2.19. The molecule has 0 unspecified atom stereocenters. The summed E-state index contributed by atoms with van der Waals surface area (Å²) < 4.78 is 24.0. The second kappa shape index (κ2) is 6.17. The van der Waals surface area contributed by atoms with E-state index in [1.807, 2.05) is 11.0 Å². The summed E-state index contributed by atoms with van der Waals surface area (Å²) in [6, 6.07) is 1.86. The molecule has 1 aliphatic heterocycles. The summed E-state index contributed by atoms with van der Waals surface area (Å²) in [5.74, 6) is 2.11. The van der Waals surface area contributed by atoms with E-state index in [9.17, 15) is 8.42 Å². The first kappa shape index (κ1) is 14.7. The van der Waals surface area contributed by atoms with Crippen molar-refractivity contribution in [2.75, 3.05) is 29.5 Å². The minimum Gasteiger partial charge on any atom is -0.355 e. The largest absolute Gasteiger partial charge is 0.355 e. The van der Waals surface area contributed by atoms with Gasteiger partial charge in [0.05, 0.1) is 11.5 Å². The maximum Gasteiger partial charge on any atom is 0.152 e. The fourth-order valence-corrected chi connectivity index (χ4v) is 3.80. The average molecular weight is 348 g/mol. The molecule has 0 atom stereocenters. The van der Waals surface area contributed by atoms with Gasteiger partial charge in [-0.2, -0.15) is 0 Å². The van der Waals surface area contributed by atoms with Crippen LogP contribution in [0, 0.1) is 0 Å². The standard InChI is InChI=1S/C12H18BrN3O2S/c1-2-4-11-14-10(13)9-12(15-11)16-5-3-7-19(17,18)8-6-16/h9H,2-8H2,1H3. The number of anilines is 1. The number of nitrogens with zero attached hydrogens (tertiary/aromatic N) is 3. The maximum absolute atomic E-state index is 11.6. The zero-order valence-corrected chi connectivity index (χ0v) is 13.4. The number of aromatic nitrogens is 2. The van der Waals surface area contributed by atoms with Crippen LogP contribution in [0.3, 0.4) is 0 Å². The molecule has 1 fully saturated rings. The number of hydrogen-bond acceptors (Lipinski definition) is 5. The molecule has 0 spiro atoms. The Morgan fingerprint density at radius 1 is 1.32 bits per heavy atom. The summed E-state index contributed by atoms with van der Waals surface area (Å²) in [6.07, 6.45) is 2.48. The molecule has 2 heterocycles. The van der Waals surface area contributed by atoms with E-state index in [0.29, 0.717) is 13.0 Å². The summed E-state index contributed by atoms with van der Waals surface area (Å²) >= 11 is 3.40. The molecule has 19 heavy (non-hydrogen) atoms. The Kier molecular flexibility index (Phi) is 4.78. The van der Waals surface area contributed by atoms with Crippen molar-refractivity contribution in [2.24, 2.45) is 0 Å². The summed E-state index contributed by atoms with van der Waals surface area (Å²) in [4.78, 5) is 10.9. The number of hydrogen-bond donors (Lipinski definition) is 0. The van der Waals surface area contributed by atoms with Gasteiger partial charge < -0.3 is 4.90 Å². The average Bonchev–Trinajstić information content (AvgIpc) is 2.50. The van der Waals surface area contributed by atoms with Crippen molar-refractivity contribution in [1.29, 1.82) is 0 Å². The van der Waals surface area contributed by atoms with Gasteiger partial charge >= 0.3 is 0 Å². The van der Waals surface area contributed by atoms with E-state index in [1.165, 1.54) is 0 Å². The van der Waals surface area contributed by atoms with Crippen molar-refractivity contribution in [3.05, 3.63) is 16.5 Å². The SMILES string of the molecule is CCCc1nc(Br)cc(N2CCCS(=O)(=O)CC2)n1. The first-order chi connectivity index (χ1) is 9.00. The molecule has 1 aromatic heterocycles. The molecule has 1 aromatic rings. The van der Waals surface area contributed by atoms with Crippen molar-refractivity contribution in [3.8, 4) is 0 Å². The molecule has 0 aromatic carbocycles. The Morgan fingerprint density at radius 3 is 2.84 bits per heavy atom. The molecule has 1 saturated heterocycles. The Bertz CT molecular complexity index is 548. The van der Waals surface area contributed by atoms with Gasteiger partial charge in [-0.15, -0.1) is 0 Å². The molecular formula is C12H18BrN3O2S. The molecular weight excluding hydrogens is 330 g/mol. The highest BCUT2D eigenvalue weighted by atomic mass is 79.9. The monoisotopic (exact) mass is 347 g/mol. The van der Waals surface area contributed by atoms with E-state index in [2.05, 4.69) is 32.8 Å². The number of sulfone groups is 1. The first-order valence-corrected chi connectivity index (χ1v) is 9.10. The predicted molar refractivity (Wildman–Crippen MR) is 79.2 cm³/mol. The summed E-state index contributed by atoms with van der Waals surface area (Å²) in [5.41, 5.74) is 0. The highest BCUT2D eigenvalue weighted by Gasteiger charge is 2.20. The van der Waals surface area contributed by atoms with Crippen molar-refractivity contribution in [3.63, 3.8) is 0 Å². The molecule has 0 saturated carbocycles. The van der Waals surface area contributed by atoms with Crippen LogP contribution < -0.4 is 4.90 Å². The van der Waals surface area contributed by atoms with Crippen molar-refractivity contribution < 1.29 is 8.42 Å². The lowest BCUT2D eigenvalue weighted by molar-refractivity contribution is 0.597. The van der Waals surface area contributed by atoms with Crippen LogP contribution in [0.4, 0.5) is 5.82 Å². The Labute approximate surface area is 122 Å². The quantitative estimate of drug-likeness (QED) is 0.780. The molecule has 1 aliphatic rings. The number of aryl methyl sites for hydroxylation is 1. The van der Waals surface area contributed by atoms with Crippen LogP contribution >= 0.6 is 15.9 Å². The van der Waals surface area contributed by atoms with Gasteiger partial charge in [0.25, 0.3) is 0 Å². The molecule has 0 aliphatic carbocycles. The zero-order chi connectivity index (χ0) is 13.9. The maximum atomic E-state index is 11.6. The van der Waals surface area contributed by atoms with Crippen LogP contribution in [-0.2, 0) is 16.3 Å². The molecule has 0 bridgehead atoms. The lowest BCUT2D eigenvalue weighted by atomic mass is 10.3. The van der Waals surface area contributed by atoms with Gasteiger partial charge in [0.15, 0.2) is 9.84 Å². The van der Waals surface area contributed by atoms with Gasteiger partial charge in [-0.1, -0.05) is 6.92 Å². The van der Waals surface area contributed by atoms with Gasteiger partial charge in [-0.05, 0) is 28.8 Å². The highest BCUT2D eigenvalue weighted by molar-refractivity contribution is 9.10. The number of halogens is 1. The second-order valence-electron chi connectivity index (χ2n) is 4.71. The minimum absolute atomic E-state index is 0.206. The van der Waals surface area contributed by atoms with E-state index >= 15 is 0 Å². The third-order valence-electron chi connectivity index (χ3n) is 3.08. The van der Waals surface area contributed by atoms with Crippen LogP contribution in [0.15, 0.2) is 10.7 Å². The van der Waals surface area contributed by atoms with Gasteiger partial charge in [0.1, 0.15) is 16.2 Å². The molecule has 5 nitrogen and oxygen atoms in total. The van der Waals surface area contributed by atoms with Crippen LogP contribution in [0.2, 0.25) is 0 Å². The Balaban J connectivity index is 2.21. The molecule has 106 valence electrons. The third-order valence-corrected chi connectivity index (χ3v) is 5.20. The second-order valence-corrected chi connectivity index (χ2v) is 7.82. The van der Waals surface area contributed by atoms with Crippen molar-refractivity contribution >= 4 is 31.6 Å². The van der Waals surface area contributed by atoms with Crippen LogP contribution in [0.1, 0.15) is 25.6 Å². The molecule has 7 heteroatoms. The topological polar surface area (TPSA) is 63.2 Å². The van der Waals surface area contributed by atoms with Crippen LogP contribution in [-0.4, -0.2) is 43.0 Å². The Hall–Kier alpha value is -0.690. The van der Waals surface area contributed by atoms with Crippen LogP contribution in [0.5, 0.6) is 0 Å². The third kappa shape index (κ3) is 4.14. The molecule has 0 radical (unpaired) electrons. The summed E-state index contributed by atoms with van der Waals surface area (Å²) in [6.45, 7) is 3.33. The summed E-state index contributed by atoms with van der Waals surface area (Å²) in [5, 5.41) is 0. The van der Waals surface area contributed by atoms with Gasteiger partial charge in [-0.3, -0.25) is 0 Å². The summed E-state index contributed by atoms with van der Waals surface area (Å²) in [7, 11) is -2.89. The molecule has 0 N–H and O–H groups in total. The number of rotatable bonds is 3. The Morgan fingerprint density at radius 2 is 2.11 bits per heavy atom. The van der Waals surface area contributed by atoms with E-state index in [0.717, 1.165) is 35.6 Å². The van der Waals surface area contributed by atoms with E-state index in [-0.39, 0.29) is 11.5 Å². The van der Waals surface area contributed by atoms with E-state index < -0.39 is 9.84 Å². The van der Waals surface area contributed by atoms with Gasteiger partial charge in [0.2, 0.25) is 0 Å². The smallest absolute Gasteiger partial charge is 0.152 e. The van der Waals surface area contributed by atoms with Gasteiger partial charge in [-0.25, -0.2) is 18.4 Å². The first-order valence-electron chi connectivity index (χ1n) is 6.49. The minimum atomic E-state index is -2.89. The van der Waals surface area contributed by atoms with E-state index in [4.69, 9.17) is 0 Å². The molecule has 0 amide bonds. The molecule has 2 rings (SSSR count). The zero-order valence-electron chi connectivity index (χ0n) is 11.0. The normalized spacial score (nSPS) is 19.2. The van der Waals surface area contributed by atoms with Crippen molar-refractivity contribution in [2.45, 2.75) is 26.2 Å². The fourth-order valence-electron chi connectivity index (χ4n) is 2.12. The fraction of sp³-hybridized carbons (Fsp3) is 0.667.